The zero-order chi connectivity index (χ0) is 13.8. The normalized spacial score (nSPS) is 17.4. The number of β-amino-alcohol motifs (C(OH)–C–C–N with tert-alkyl or cyclic N) is 1. The van der Waals surface area contributed by atoms with Gasteiger partial charge in [-0.05, 0) is 37.1 Å². The van der Waals surface area contributed by atoms with Crippen molar-refractivity contribution in [2.24, 2.45) is 0 Å². The molecule has 0 amide bonds. The Morgan fingerprint density at radius 1 is 1.42 bits per heavy atom. The summed E-state index contributed by atoms with van der Waals surface area (Å²) in [7, 11) is 0. The van der Waals surface area contributed by atoms with E-state index in [2.05, 4.69) is 42.3 Å². The highest BCUT2D eigenvalue weighted by atomic mass is 16.3. The lowest BCUT2D eigenvalue weighted by Gasteiger charge is -2.22. The molecule has 1 aromatic rings. The summed E-state index contributed by atoms with van der Waals surface area (Å²) in [5, 5.41) is 21.9. The fourth-order valence-corrected chi connectivity index (χ4v) is 2.69. The summed E-state index contributed by atoms with van der Waals surface area (Å²) in [6.07, 6.45) is 0.353. The molecule has 0 saturated heterocycles. The minimum Gasteiger partial charge on any atom is -0.394 e. The summed E-state index contributed by atoms with van der Waals surface area (Å²) in [4.78, 5) is 2.15. The quantitative estimate of drug-likeness (QED) is 0.719. The van der Waals surface area contributed by atoms with E-state index in [-0.39, 0.29) is 6.61 Å². The summed E-state index contributed by atoms with van der Waals surface area (Å²) >= 11 is 0. The van der Waals surface area contributed by atoms with Gasteiger partial charge in [0, 0.05) is 24.8 Å². The van der Waals surface area contributed by atoms with Gasteiger partial charge in [-0.1, -0.05) is 19.1 Å². The molecule has 1 heterocycles. The van der Waals surface area contributed by atoms with Gasteiger partial charge in [0.15, 0.2) is 0 Å². The lowest BCUT2D eigenvalue weighted by atomic mass is 10.0. The molecule has 0 aromatic heterocycles. The maximum atomic E-state index is 9.56. The molecule has 2 unspecified atom stereocenters. The van der Waals surface area contributed by atoms with Gasteiger partial charge in [0.05, 0.1) is 12.7 Å². The SMILES string of the molecule is CCNC(C)c1ccc2c(c1)CCN2CC(O)CO. The number of aliphatic hydroxyl groups is 2. The van der Waals surface area contributed by atoms with E-state index in [1.807, 2.05) is 0 Å². The number of anilines is 1. The molecule has 1 aliphatic rings. The van der Waals surface area contributed by atoms with Crippen molar-refractivity contribution in [1.82, 2.24) is 5.32 Å². The van der Waals surface area contributed by atoms with Gasteiger partial charge in [0.25, 0.3) is 0 Å². The van der Waals surface area contributed by atoms with E-state index in [1.165, 1.54) is 16.8 Å². The van der Waals surface area contributed by atoms with Gasteiger partial charge < -0.3 is 20.4 Å². The fourth-order valence-electron chi connectivity index (χ4n) is 2.69. The summed E-state index contributed by atoms with van der Waals surface area (Å²) < 4.78 is 0. The molecule has 0 bridgehead atoms. The molecule has 4 nitrogen and oxygen atoms in total. The summed E-state index contributed by atoms with van der Waals surface area (Å²) in [6.45, 7) is 6.50. The lowest BCUT2D eigenvalue weighted by molar-refractivity contribution is 0.100. The Morgan fingerprint density at radius 3 is 2.89 bits per heavy atom. The molecule has 1 aromatic carbocycles. The third kappa shape index (κ3) is 3.26. The van der Waals surface area contributed by atoms with Crippen molar-refractivity contribution >= 4 is 5.69 Å². The van der Waals surface area contributed by atoms with Crippen LogP contribution in [0.15, 0.2) is 18.2 Å². The average Bonchev–Trinajstić information content (AvgIpc) is 2.81. The Hall–Kier alpha value is -1.10. The number of hydrogen-bond donors (Lipinski definition) is 3. The van der Waals surface area contributed by atoms with Crippen LogP contribution in [0.25, 0.3) is 0 Å². The molecular weight excluding hydrogens is 240 g/mol. The predicted octanol–water partition coefficient (Wildman–Crippen LogP) is 1.07. The first-order chi connectivity index (χ1) is 9.15. The molecule has 2 atom stereocenters. The third-order valence-electron chi connectivity index (χ3n) is 3.75. The average molecular weight is 264 g/mol. The maximum absolute atomic E-state index is 9.56. The van der Waals surface area contributed by atoms with Crippen LogP contribution >= 0.6 is 0 Å². The maximum Gasteiger partial charge on any atom is 0.0945 e. The van der Waals surface area contributed by atoms with Crippen LogP contribution in [0.1, 0.15) is 31.0 Å². The second-order valence-corrected chi connectivity index (χ2v) is 5.20. The van der Waals surface area contributed by atoms with Crippen LogP contribution < -0.4 is 10.2 Å². The van der Waals surface area contributed by atoms with Crippen LogP contribution in [0.3, 0.4) is 0 Å². The number of nitrogens with zero attached hydrogens (tertiary/aromatic N) is 1. The minimum atomic E-state index is -0.661. The highest BCUT2D eigenvalue weighted by molar-refractivity contribution is 5.59. The number of fused-ring (bicyclic) bond motifs is 1. The molecule has 0 aliphatic carbocycles. The van der Waals surface area contributed by atoms with Crippen LogP contribution in [-0.4, -0.2) is 42.6 Å². The number of hydrogen-bond acceptors (Lipinski definition) is 4. The zero-order valence-corrected chi connectivity index (χ0v) is 11.8. The largest absolute Gasteiger partial charge is 0.394 e. The van der Waals surface area contributed by atoms with E-state index in [9.17, 15) is 5.11 Å². The third-order valence-corrected chi connectivity index (χ3v) is 3.75. The molecule has 19 heavy (non-hydrogen) atoms. The number of benzene rings is 1. The topological polar surface area (TPSA) is 55.7 Å². The molecule has 106 valence electrons. The van der Waals surface area contributed by atoms with Crippen LogP contribution in [0.2, 0.25) is 0 Å². The Balaban J connectivity index is 2.11. The Kier molecular flexibility index (Phi) is 4.80. The van der Waals surface area contributed by atoms with Crippen LogP contribution in [0, 0.1) is 0 Å². The molecular formula is C15H24N2O2. The number of nitrogens with one attached hydrogen (secondary N) is 1. The van der Waals surface area contributed by atoms with E-state index >= 15 is 0 Å². The van der Waals surface area contributed by atoms with Crippen molar-refractivity contribution in [2.45, 2.75) is 32.4 Å². The highest BCUT2D eigenvalue weighted by Gasteiger charge is 2.21. The molecule has 1 aliphatic heterocycles. The first-order valence-electron chi connectivity index (χ1n) is 7.05. The smallest absolute Gasteiger partial charge is 0.0945 e. The molecule has 0 spiro atoms. The summed E-state index contributed by atoms with van der Waals surface area (Å²) in [5.41, 5.74) is 3.84. The molecule has 2 rings (SSSR count). The van der Waals surface area contributed by atoms with E-state index in [0.717, 1.165) is 19.5 Å². The predicted molar refractivity (Wildman–Crippen MR) is 77.5 cm³/mol. The van der Waals surface area contributed by atoms with Crippen molar-refractivity contribution < 1.29 is 10.2 Å². The standard InChI is InChI=1S/C15H24N2O2/c1-3-16-11(2)12-4-5-15-13(8-12)6-7-17(15)9-14(19)10-18/h4-5,8,11,14,16,18-19H,3,6-7,9-10H2,1-2H3. The molecule has 0 fully saturated rings. The lowest BCUT2D eigenvalue weighted by Crippen LogP contribution is -2.33. The molecule has 3 N–H and O–H groups in total. The minimum absolute atomic E-state index is 0.179. The van der Waals surface area contributed by atoms with Crippen molar-refractivity contribution in [3.63, 3.8) is 0 Å². The van der Waals surface area contributed by atoms with E-state index in [0.29, 0.717) is 12.6 Å². The monoisotopic (exact) mass is 264 g/mol. The van der Waals surface area contributed by atoms with Gasteiger partial charge in [0.2, 0.25) is 0 Å². The molecule has 0 saturated carbocycles. The van der Waals surface area contributed by atoms with Crippen molar-refractivity contribution in [2.75, 3.05) is 31.1 Å². The van der Waals surface area contributed by atoms with Crippen LogP contribution in [-0.2, 0) is 6.42 Å². The van der Waals surface area contributed by atoms with Gasteiger partial charge in [-0.3, -0.25) is 0 Å². The van der Waals surface area contributed by atoms with Crippen molar-refractivity contribution in [3.05, 3.63) is 29.3 Å². The van der Waals surface area contributed by atoms with E-state index in [4.69, 9.17) is 5.11 Å². The van der Waals surface area contributed by atoms with E-state index in [1.54, 1.807) is 0 Å². The second kappa shape index (κ2) is 6.37. The van der Waals surface area contributed by atoms with Crippen LogP contribution in [0.5, 0.6) is 0 Å². The van der Waals surface area contributed by atoms with E-state index < -0.39 is 6.10 Å². The number of aliphatic hydroxyl groups excluding tert-OH is 2. The van der Waals surface area contributed by atoms with Crippen molar-refractivity contribution in [1.29, 1.82) is 0 Å². The van der Waals surface area contributed by atoms with Gasteiger partial charge in [-0.2, -0.15) is 0 Å². The van der Waals surface area contributed by atoms with Crippen molar-refractivity contribution in [3.8, 4) is 0 Å². The van der Waals surface area contributed by atoms with Crippen LogP contribution in [0.4, 0.5) is 5.69 Å². The highest BCUT2D eigenvalue weighted by Crippen LogP contribution is 2.30. The Labute approximate surface area is 115 Å². The van der Waals surface area contributed by atoms with Gasteiger partial charge in [0.1, 0.15) is 0 Å². The second-order valence-electron chi connectivity index (χ2n) is 5.20. The zero-order valence-electron chi connectivity index (χ0n) is 11.8. The summed E-state index contributed by atoms with van der Waals surface area (Å²) in [6, 6.07) is 6.91. The Morgan fingerprint density at radius 2 is 2.21 bits per heavy atom. The van der Waals surface area contributed by atoms with Gasteiger partial charge in [-0.15, -0.1) is 0 Å². The summed E-state index contributed by atoms with van der Waals surface area (Å²) in [5.74, 6) is 0. The Bertz CT molecular complexity index is 423. The molecule has 4 heteroatoms. The molecule has 0 radical (unpaired) electrons. The first kappa shape index (κ1) is 14.3. The fraction of sp³-hybridized carbons (Fsp3) is 0.600. The first-order valence-corrected chi connectivity index (χ1v) is 7.05. The van der Waals surface area contributed by atoms with Gasteiger partial charge in [-0.25, -0.2) is 0 Å². The number of rotatable bonds is 6. The van der Waals surface area contributed by atoms with Gasteiger partial charge >= 0.3 is 0 Å².